The van der Waals surface area contributed by atoms with Gasteiger partial charge >= 0.3 is 11.9 Å². The predicted octanol–water partition coefficient (Wildman–Crippen LogP) is 5.82. The number of methoxy groups -OCH3 is 1. The van der Waals surface area contributed by atoms with E-state index in [2.05, 4.69) is 15.9 Å². The molecule has 0 saturated carbocycles. The molecule has 190 valence electrons. The van der Waals surface area contributed by atoms with Crippen molar-refractivity contribution in [3.8, 4) is 11.5 Å². The van der Waals surface area contributed by atoms with Gasteiger partial charge in [0.25, 0.3) is 11.1 Å². The summed E-state index contributed by atoms with van der Waals surface area (Å²) in [6, 6.07) is 16.1. The molecule has 1 heterocycles. The number of hydrogen-bond donors (Lipinski definition) is 0. The quantitative estimate of drug-likeness (QED) is 0.195. The van der Waals surface area contributed by atoms with Gasteiger partial charge in [-0.2, -0.15) is 0 Å². The molecule has 0 radical (unpaired) electrons. The first kappa shape index (κ1) is 26.4. The highest BCUT2D eigenvalue weighted by molar-refractivity contribution is 9.10. The molecule has 3 aromatic carbocycles. The Morgan fingerprint density at radius 3 is 2.54 bits per heavy atom. The number of hydrogen-bond acceptors (Lipinski definition) is 8. The Hall–Kier alpha value is -3.63. The number of benzene rings is 3. The molecular formula is C27H22BrNO7S. The van der Waals surface area contributed by atoms with E-state index in [1.807, 2.05) is 30.3 Å². The molecule has 8 nitrogen and oxygen atoms in total. The van der Waals surface area contributed by atoms with E-state index < -0.39 is 29.6 Å². The SMILES string of the molecule is COc1cc(/C=C2\SC(=O)N(CC(=O)OC(C)C)C2=O)cc(Br)c1OC(=O)c1cccc2ccccc12. The molecule has 1 aliphatic heterocycles. The second kappa shape index (κ2) is 11.2. The number of ether oxygens (including phenoxy) is 3. The number of thioether (sulfide) groups is 1. The number of carbonyl (C=O) groups excluding carboxylic acids is 4. The van der Waals surface area contributed by atoms with E-state index in [-0.39, 0.29) is 22.5 Å². The van der Waals surface area contributed by atoms with Crippen molar-refractivity contribution in [3.05, 3.63) is 75.1 Å². The lowest BCUT2D eigenvalue weighted by Crippen LogP contribution is -2.35. The Morgan fingerprint density at radius 2 is 1.81 bits per heavy atom. The third kappa shape index (κ3) is 5.86. The maximum absolute atomic E-state index is 13.0. The molecule has 0 atom stereocenters. The molecule has 1 saturated heterocycles. The van der Waals surface area contributed by atoms with Crippen molar-refractivity contribution in [2.45, 2.75) is 20.0 Å². The van der Waals surface area contributed by atoms with E-state index >= 15 is 0 Å². The minimum Gasteiger partial charge on any atom is -0.493 e. The number of fused-ring (bicyclic) bond motifs is 1. The van der Waals surface area contributed by atoms with Crippen molar-refractivity contribution in [2.24, 2.45) is 0 Å². The minimum atomic E-state index is -0.666. The van der Waals surface area contributed by atoms with Gasteiger partial charge in [0.2, 0.25) is 0 Å². The highest BCUT2D eigenvalue weighted by atomic mass is 79.9. The van der Waals surface area contributed by atoms with Crippen molar-refractivity contribution in [2.75, 3.05) is 13.7 Å². The summed E-state index contributed by atoms with van der Waals surface area (Å²) in [6.07, 6.45) is 1.14. The molecule has 0 bridgehead atoms. The van der Waals surface area contributed by atoms with E-state index in [9.17, 15) is 19.2 Å². The molecule has 0 aliphatic carbocycles. The van der Waals surface area contributed by atoms with E-state index in [0.29, 0.717) is 15.6 Å². The lowest BCUT2D eigenvalue weighted by atomic mass is 10.0. The van der Waals surface area contributed by atoms with Crippen LogP contribution in [-0.4, -0.2) is 47.7 Å². The zero-order chi connectivity index (χ0) is 26.7. The van der Waals surface area contributed by atoms with Crippen molar-refractivity contribution in [3.63, 3.8) is 0 Å². The second-order valence-corrected chi connectivity index (χ2v) is 10.1. The molecule has 0 N–H and O–H groups in total. The third-order valence-electron chi connectivity index (χ3n) is 5.28. The first-order valence-electron chi connectivity index (χ1n) is 11.2. The standard InChI is InChI=1S/C27H22BrNO7S/c1-15(2)35-23(30)14-29-25(31)22(37-27(29)33)13-16-11-20(28)24(21(12-16)34-3)36-26(32)19-10-6-8-17-7-4-5-9-18(17)19/h4-13,15H,14H2,1-3H3/b22-13-. The van der Waals surface area contributed by atoms with Crippen molar-refractivity contribution < 1.29 is 33.4 Å². The van der Waals surface area contributed by atoms with E-state index in [0.717, 1.165) is 27.4 Å². The summed E-state index contributed by atoms with van der Waals surface area (Å²) in [4.78, 5) is 51.0. The van der Waals surface area contributed by atoms with Crippen LogP contribution in [0.1, 0.15) is 29.8 Å². The van der Waals surface area contributed by atoms with Crippen LogP contribution in [0.2, 0.25) is 0 Å². The fraction of sp³-hybridized carbons (Fsp3) is 0.185. The average Bonchev–Trinajstić information content (AvgIpc) is 3.11. The number of carbonyl (C=O) groups is 4. The van der Waals surface area contributed by atoms with Gasteiger partial charge < -0.3 is 14.2 Å². The summed E-state index contributed by atoms with van der Waals surface area (Å²) >= 11 is 4.14. The molecular weight excluding hydrogens is 562 g/mol. The van der Waals surface area contributed by atoms with Gasteiger partial charge in [-0.25, -0.2) is 4.79 Å². The Kier molecular flexibility index (Phi) is 7.99. The molecule has 1 fully saturated rings. The predicted molar refractivity (Wildman–Crippen MR) is 144 cm³/mol. The van der Waals surface area contributed by atoms with Crippen LogP contribution in [0.4, 0.5) is 4.79 Å². The maximum atomic E-state index is 13.0. The van der Waals surface area contributed by atoms with Crippen LogP contribution in [0, 0.1) is 0 Å². The number of nitrogens with zero attached hydrogens (tertiary/aromatic N) is 1. The fourth-order valence-electron chi connectivity index (χ4n) is 3.69. The molecule has 0 aromatic heterocycles. The van der Waals surface area contributed by atoms with Gasteiger partial charge in [0.05, 0.1) is 28.2 Å². The summed E-state index contributed by atoms with van der Waals surface area (Å²) < 4.78 is 16.6. The maximum Gasteiger partial charge on any atom is 0.344 e. The molecule has 37 heavy (non-hydrogen) atoms. The molecule has 0 unspecified atom stereocenters. The zero-order valence-electron chi connectivity index (χ0n) is 20.1. The lowest BCUT2D eigenvalue weighted by Gasteiger charge is -2.14. The van der Waals surface area contributed by atoms with Crippen LogP contribution < -0.4 is 9.47 Å². The van der Waals surface area contributed by atoms with Gasteiger partial charge in [-0.05, 0) is 82.2 Å². The van der Waals surface area contributed by atoms with Gasteiger partial charge in [-0.15, -0.1) is 0 Å². The normalized spacial score (nSPS) is 14.5. The van der Waals surface area contributed by atoms with E-state index in [4.69, 9.17) is 14.2 Å². The number of esters is 2. The molecule has 10 heteroatoms. The summed E-state index contributed by atoms with van der Waals surface area (Å²) in [6.45, 7) is 2.90. The van der Waals surface area contributed by atoms with Crippen molar-refractivity contribution >= 4 is 67.6 Å². The van der Waals surface area contributed by atoms with Crippen LogP contribution in [-0.2, 0) is 14.3 Å². The van der Waals surface area contributed by atoms with Crippen molar-refractivity contribution in [1.29, 1.82) is 0 Å². The molecule has 0 spiro atoms. The smallest absolute Gasteiger partial charge is 0.344 e. The molecule has 2 amide bonds. The number of amides is 2. The largest absolute Gasteiger partial charge is 0.493 e. The highest BCUT2D eigenvalue weighted by Gasteiger charge is 2.37. The van der Waals surface area contributed by atoms with Gasteiger partial charge in [0.15, 0.2) is 11.5 Å². The van der Waals surface area contributed by atoms with E-state index in [1.54, 1.807) is 38.1 Å². The van der Waals surface area contributed by atoms with Gasteiger partial charge in [-0.1, -0.05) is 36.4 Å². The second-order valence-electron chi connectivity index (χ2n) is 8.26. The Balaban J connectivity index is 1.58. The lowest BCUT2D eigenvalue weighted by molar-refractivity contribution is -0.149. The Morgan fingerprint density at radius 1 is 1.08 bits per heavy atom. The van der Waals surface area contributed by atoms with Crippen molar-refractivity contribution in [1.82, 2.24) is 4.90 Å². The van der Waals surface area contributed by atoms with Gasteiger partial charge in [-0.3, -0.25) is 19.3 Å². The Bertz CT molecular complexity index is 1440. The summed E-state index contributed by atoms with van der Waals surface area (Å²) in [5.74, 6) is -1.41. The van der Waals surface area contributed by atoms with Crippen LogP contribution in [0.3, 0.4) is 0 Å². The van der Waals surface area contributed by atoms with Crippen LogP contribution in [0.15, 0.2) is 64.0 Å². The molecule has 3 aromatic rings. The highest BCUT2D eigenvalue weighted by Crippen LogP contribution is 2.39. The monoisotopic (exact) mass is 583 g/mol. The average molecular weight is 584 g/mol. The summed E-state index contributed by atoms with van der Waals surface area (Å²) in [5.41, 5.74) is 0.921. The fourth-order valence-corrected chi connectivity index (χ4v) is 5.07. The third-order valence-corrected chi connectivity index (χ3v) is 6.78. The Labute approximate surface area is 225 Å². The summed E-state index contributed by atoms with van der Waals surface area (Å²) in [5, 5.41) is 1.10. The minimum absolute atomic E-state index is 0.136. The summed E-state index contributed by atoms with van der Waals surface area (Å²) in [7, 11) is 1.43. The van der Waals surface area contributed by atoms with Crippen LogP contribution >= 0.6 is 27.7 Å². The number of rotatable bonds is 7. The first-order chi connectivity index (χ1) is 17.7. The van der Waals surface area contributed by atoms with Gasteiger partial charge in [0.1, 0.15) is 6.54 Å². The van der Waals surface area contributed by atoms with Crippen LogP contribution in [0.25, 0.3) is 16.8 Å². The number of halogens is 1. The topological polar surface area (TPSA) is 99.2 Å². The van der Waals surface area contributed by atoms with Gasteiger partial charge in [0, 0.05) is 0 Å². The molecule has 4 rings (SSSR count). The van der Waals surface area contributed by atoms with Crippen LogP contribution in [0.5, 0.6) is 11.5 Å². The molecule has 1 aliphatic rings. The first-order valence-corrected chi connectivity index (χ1v) is 12.8. The number of imide groups is 1. The zero-order valence-corrected chi connectivity index (χ0v) is 22.6. The van der Waals surface area contributed by atoms with E-state index in [1.165, 1.54) is 13.2 Å².